The van der Waals surface area contributed by atoms with Gasteiger partial charge < -0.3 is 14.8 Å². The van der Waals surface area contributed by atoms with E-state index in [2.05, 4.69) is 33.0 Å². The highest BCUT2D eigenvalue weighted by Crippen LogP contribution is 2.29. The number of hydrogen-bond acceptors (Lipinski definition) is 4. The Balaban J connectivity index is 2.00. The van der Waals surface area contributed by atoms with Gasteiger partial charge in [-0.15, -0.1) is 0 Å². The fraction of sp³-hybridized carbons (Fsp3) is 0.333. The van der Waals surface area contributed by atoms with Crippen LogP contribution in [-0.4, -0.2) is 23.4 Å². The maximum atomic E-state index is 12.1. The van der Waals surface area contributed by atoms with Gasteiger partial charge in [0.05, 0.1) is 12.1 Å². The molecule has 0 aliphatic rings. The molecule has 0 unspecified atom stereocenters. The van der Waals surface area contributed by atoms with E-state index in [1.807, 2.05) is 6.07 Å². The molecule has 1 heterocycles. The van der Waals surface area contributed by atoms with Gasteiger partial charge in [-0.1, -0.05) is 33.8 Å². The molecule has 2 N–H and O–H groups in total. The van der Waals surface area contributed by atoms with E-state index >= 15 is 0 Å². The van der Waals surface area contributed by atoms with Crippen LogP contribution in [0.5, 0.6) is 0 Å². The van der Waals surface area contributed by atoms with Gasteiger partial charge in [0.2, 0.25) is 0 Å². The van der Waals surface area contributed by atoms with Gasteiger partial charge >= 0.3 is 5.97 Å². The highest BCUT2D eigenvalue weighted by atomic mass is 16.4. The summed E-state index contributed by atoms with van der Waals surface area (Å²) in [4.78, 5) is 23.0. The lowest BCUT2D eigenvalue weighted by molar-refractivity contribution is -0.113. The molecular formula is C21H25NO4. The van der Waals surface area contributed by atoms with Crippen LogP contribution in [0.2, 0.25) is 0 Å². The van der Waals surface area contributed by atoms with E-state index in [-0.39, 0.29) is 23.8 Å². The van der Waals surface area contributed by atoms with E-state index in [0.717, 1.165) is 11.3 Å². The summed E-state index contributed by atoms with van der Waals surface area (Å²) >= 11 is 0. The van der Waals surface area contributed by atoms with E-state index in [9.17, 15) is 9.59 Å². The first-order chi connectivity index (χ1) is 12.3. The molecule has 0 bridgehead atoms. The van der Waals surface area contributed by atoms with Crippen LogP contribution in [0.4, 0.5) is 5.69 Å². The highest BCUT2D eigenvalue weighted by molar-refractivity contribution is 5.96. The summed E-state index contributed by atoms with van der Waals surface area (Å²) in [5.74, 6) is 1.14. The average Bonchev–Trinajstić information content (AvgIpc) is 3.03. The smallest absolute Gasteiger partial charge is 0.335 e. The van der Waals surface area contributed by atoms with Crippen LogP contribution in [0.3, 0.4) is 0 Å². The number of ketones is 1. The SMILES string of the molecule is CC(C)c1cc(C=CC(=O)CNc2cccc(C(=O)O)c2)oc1C(C)C. The Labute approximate surface area is 153 Å². The predicted molar refractivity (Wildman–Crippen MR) is 103 cm³/mol. The summed E-state index contributed by atoms with van der Waals surface area (Å²) in [6.45, 7) is 8.47. The third-order valence-electron chi connectivity index (χ3n) is 3.97. The number of carbonyl (C=O) groups is 2. The number of aromatic carboxylic acids is 1. The van der Waals surface area contributed by atoms with Gasteiger partial charge in [0.15, 0.2) is 5.78 Å². The molecule has 26 heavy (non-hydrogen) atoms. The standard InChI is InChI=1S/C21H25NO4/c1-13(2)19-11-18(26-20(19)14(3)4)9-8-17(23)12-22-16-7-5-6-15(10-16)21(24)25/h5-11,13-14,22H,12H2,1-4H3,(H,24,25). The van der Waals surface area contributed by atoms with Gasteiger partial charge in [-0.3, -0.25) is 4.79 Å². The molecule has 0 spiro atoms. The molecule has 138 valence electrons. The number of carboxylic acid groups (broad SMARTS) is 1. The molecule has 0 radical (unpaired) electrons. The van der Waals surface area contributed by atoms with Crippen LogP contribution in [0.15, 0.2) is 40.8 Å². The number of anilines is 1. The maximum absolute atomic E-state index is 12.1. The second kappa shape index (κ2) is 8.52. The van der Waals surface area contributed by atoms with Crippen LogP contribution in [0.25, 0.3) is 6.08 Å². The third-order valence-corrected chi connectivity index (χ3v) is 3.97. The van der Waals surface area contributed by atoms with Crippen molar-refractivity contribution in [1.29, 1.82) is 0 Å². The molecule has 2 rings (SSSR count). The van der Waals surface area contributed by atoms with Crippen LogP contribution < -0.4 is 5.32 Å². The molecule has 0 saturated heterocycles. The molecule has 0 aliphatic carbocycles. The Kier molecular flexibility index (Phi) is 6.39. The average molecular weight is 355 g/mol. The van der Waals surface area contributed by atoms with E-state index < -0.39 is 5.97 Å². The molecule has 0 amide bonds. The van der Waals surface area contributed by atoms with Crippen molar-refractivity contribution in [2.45, 2.75) is 39.5 Å². The van der Waals surface area contributed by atoms with Gasteiger partial charge in [-0.2, -0.15) is 0 Å². The number of nitrogens with one attached hydrogen (secondary N) is 1. The van der Waals surface area contributed by atoms with Gasteiger partial charge in [0.1, 0.15) is 11.5 Å². The van der Waals surface area contributed by atoms with Gasteiger partial charge in [0.25, 0.3) is 0 Å². The van der Waals surface area contributed by atoms with Crippen molar-refractivity contribution in [3.8, 4) is 0 Å². The van der Waals surface area contributed by atoms with Gasteiger partial charge in [0, 0.05) is 11.6 Å². The lowest BCUT2D eigenvalue weighted by Crippen LogP contribution is -2.11. The molecule has 0 fully saturated rings. The summed E-state index contributed by atoms with van der Waals surface area (Å²) in [7, 11) is 0. The van der Waals surface area contributed by atoms with E-state index in [4.69, 9.17) is 9.52 Å². The largest absolute Gasteiger partial charge is 0.478 e. The molecule has 0 saturated carbocycles. The Morgan fingerprint density at radius 1 is 1.15 bits per heavy atom. The van der Waals surface area contributed by atoms with Gasteiger partial charge in [-0.25, -0.2) is 4.79 Å². The number of rotatable bonds is 8. The van der Waals surface area contributed by atoms with Crippen LogP contribution >= 0.6 is 0 Å². The molecule has 2 aromatic rings. The zero-order valence-electron chi connectivity index (χ0n) is 15.6. The normalized spacial score (nSPS) is 11.5. The second-order valence-corrected chi connectivity index (χ2v) is 6.82. The monoisotopic (exact) mass is 355 g/mol. The first kappa shape index (κ1) is 19.5. The van der Waals surface area contributed by atoms with Crippen molar-refractivity contribution in [2.75, 3.05) is 11.9 Å². The fourth-order valence-corrected chi connectivity index (χ4v) is 2.61. The number of carboxylic acids is 1. The predicted octanol–water partition coefficient (Wildman–Crippen LogP) is 4.92. The van der Waals surface area contributed by atoms with E-state index in [1.54, 1.807) is 18.2 Å². The first-order valence-electron chi connectivity index (χ1n) is 8.69. The zero-order chi connectivity index (χ0) is 19.3. The van der Waals surface area contributed by atoms with E-state index in [0.29, 0.717) is 17.4 Å². The van der Waals surface area contributed by atoms with Crippen LogP contribution in [-0.2, 0) is 4.79 Å². The summed E-state index contributed by atoms with van der Waals surface area (Å²) in [6.07, 6.45) is 3.15. The lowest BCUT2D eigenvalue weighted by atomic mass is 9.98. The van der Waals surface area contributed by atoms with Crippen molar-refractivity contribution in [3.63, 3.8) is 0 Å². The quantitative estimate of drug-likeness (QED) is 0.657. The van der Waals surface area contributed by atoms with Crippen molar-refractivity contribution in [1.82, 2.24) is 0 Å². The maximum Gasteiger partial charge on any atom is 0.335 e. The summed E-state index contributed by atoms with van der Waals surface area (Å²) in [6, 6.07) is 8.34. The van der Waals surface area contributed by atoms with Crippen molar-refractivity contribution >= 4 is 23.5 Å². The molecule has 0 atom stereocenters. The van der Waals surface area contributed by atoms with Crippen LogP contribution in [0.1, 0.15) is 67.0 Å². The number of benzene rings is 1. The molecule has 1 aromatic carbocycles. The minimum Gasteiger partial charge on any atom is -0.478 e. The van der Waals surface area contributed by atoms with Crippen molar-refractivity contribution in [3.05, 3.63) is 59.1 Å². The van der Waals surface area contributed by atoms with E-state index in [1.165, 1.54) is 18.2 Å². The Hall–Kier alpha value is -2.82. The second-order valence-electron chi connectivity index (χ2n) is 6.82. The fourth-order valence-electron chi connectivity index (χ4n) is 2.61. The topological polar surface area (TPSA) is 79.5 Å². The molecule has 5 heteroatoms. The van der Waals surface area contributed by atoms with Crippen LogP contribution in [0, 0.1) is 0 Å². The zero-order valence-corrected chi connectivity index (χ0v) is 15.6. The highest BCUT2D eigenvalue weighted by Gasteiger charge is 2.15. The minimum absolute atomic E-state index is 0.0777. The first-order valence-corrected chi connectivity index (χ1v) is 8.69. The molecule has 1 aromatic heterocycles. The molecular weight excluding hydrogens is 330 g/mol. The molecule has 5 nitrogen and oxygen atoms in total. The summed E-state index contributed by atoms with van der Waals surface area (Å²) < 4.78 is 5.87. The van der Waals surface area contributed by atoms with Gasteiger partial charge in [-0.05, 0) is 47.9 Å². The third kappa shape index (κ3) is 5.09. The number of carbonyl (C=O) groups excluding carboxylic acids is 1. The Bertz CT molecular complexity index is 790. The Morgan fingerprint density at radius 2 is 1.88 bits per heavy atom. The minimum atomic E-state index is -1.00. The summed E-state index contributed by atoms with van der Waals surface area (Å²) in [5.41, 5.74) is 1.93. The number of furan rings is 1. The lowest BCUT2D eigenvalue weighted by Gasteiger charge is -2.07. The number of hydrogen-bond donors (Lipinski definition) is 2. The summed E-state index contributed by atoms with van der Waals surface area (Å²) in [5, 5.41) is 11.9. The Morgan fingerprint density at radius 3 is 2.46 bits per heavy atom. The van der Waals surface area contributed by atoms with Crippen molar-refractivity contribution in [2.24, 2.45) is 0 Å². The van der Waals surface area contributed by atoms with Crippen molar-refractivity contribution < 1.29 is 19.1 Å². The molecule has 0 aliphatic heterocycles.